The zero-order chi connectivity index (χ0) is 16.5. The lowest BCUT2D eigenvalue weighted by Gasteiger charge is -2.17. The van der Waals surface area contributed by atoms with Crippen LogP contribution in [0, 0.1) is 11.7 Å². The Balaban J connectivity index is 2.92. The summed E-state index contributed by atoms with van der Waals surface area (Å²) in [5.41, 5.74) is 6.49. The lowest BCUT2D eigenvalue weighted by molar-refractivity contribution is 0.266. The van der Waals surface area contributed by atoms with E-state index in [-0.39, 0.29) is 11.9 Å². The van der Waals surface area contributed by atoms with Crippen LogP contribution in [0.3, 0.4) is 0 Å². The molecule has 0 radical (unpaired) electrons. The van der Waals surface area contributed by atoms with Gasteiger partial charge in [-0.1, -0.05) is 20.8 Å². The summed E-state index contributed by atoms with van der Waals surface area (Å²) in [5, 5.41) is 0. The molecule has 1 aromatic carbocycles. The summed E-state index contributed by atoms with van der Waals surface area (Å²) >= 11 is 0. The molecular weight excluding hydrogens is 281 g/mol. The van der Waals surface area contributed by atoms with Crippen LogP contribution in [0.4, 0.5) is 4.39 Å². The van der Waals surface area contributed by atoms with Gasteiger partial charge in [0.05, 0.1) is 13.2 Å². The smallest absolute Gasteiger partial charge is 0.164 e. The molecule has 1 rings (SSSR count). The van der Waals surface area contributed by atoms with Gasteiger partial charge in [0.1, 0.15) is 5.82 Å². The van der Waals surface area contributed by atoms with Crippen LogP contribution in [0.15, 0.2) is 12.1 Å². The fourth-order valence-electron chi connectivity index (χ4n) is 2.48. The van der Waals surface area contributed by atoms with Gasteiger partial charge in [-0.05, 0) is 50.2 Å². The van der Waals surface area contributed by atoms with Crippen LogP contribution in [-0.2, 0) is 6.42 Å². The van der Waals surface area contributed by atoms with Crippen LogP contribution in [0.1, 0.15) is 52.5 Å². The molecule has 0 spiro atoms. The van der Waals surface area contributed by atoms with E-state index < -0.39 is 0 Å². The number of rotatable bonds is 10. The summed E-state index contributed by atoms with van der Waals surface area (Å²) in [6, 6.07) is 3.36. The first kappa shape index (κ1) is 18.8. The second-order valence-electron chi connectivity index (χ2n) is 6.11. The maximum Gasteiger partial charge on any atom is 0.164 e. The second kappa shape index (κ2) is 9.67. The molecule has 0 aliphatic carbocycles. The molecule has 3 nitrogen and oxygen atoms in total. The summed E-state index contributed by atoms with van der Waals surface area (Å²) in [6.45, 7) is 9.29. The molecule has 2 N–H and O–H groups in total. The molecule has 2 unspecified atom stereocenters. The molecular formula is C18H30FNO2. The molecule has 1 aromatic rings. The number of hydrogen-bond donors (Lipinski definition) is 1. The Hall–Kier alpha value is -1.29. The van der Waals surface area contributed by atoms with Crippen molar-refractivity contribution < 1.29 is 13.9 Å². The number of ether oxygens (including phenoxy) is 2. The predicted octanol–water partition coefficient (Wildman–Crippen LogP) is 4.32. The van der Waals surface area contributed by atoms with E-state index >= 15 is 0 Å². The van der Waals surface area contributed by atoms with Crippen molar-refractivity contribution in [2.45, 2.75) is 59.4 Å². The van der Waals surface area contributed by atoms with Crippen molar-refractivity contribution in [1.29, 1.82) is 0 Å². The zero-order valence-electron chi connectivity index (χ0n) is 14.3. The second-order valence-corrected chi connectivity index (χ2v) is 6.11. The van der Waals surface area contributed by atoms with Gasteiger partial charge in [0, 0.05) is 12.1 Å². The van der Waals surface area contributed by atoms with Gasteiger partial charge in [0.15, 0.2) is 11.5 Å². The molecule has 4 heteroatoms. The van der Waals surface area contributed by atoms with Crippen molar-refractivity contribution in [3.63, 3.8) is 0 Å². The highest BCUT2D eigenvalue weighted by Gasteiger charge is 2.15. The quantitative estimate of drug-likeness (QED) is 0.700. The van der Waals surface area contributed by atoms with E-state index in [4.69, 9.17) is 15.2 Å². The minimum absolute atomic E-state index is 0.126. The van der Waals surface area contributed by atoms with Crippen molar-refractivity contribution >= 4 is 0 Å². The van der Waals surface area contributed by atoms with E-state index in [1.165, 1.54) is 6.07 Å². The minimum Gasteiger partial charge on any atom is -0.490 e. The van der Waals surface area contributed by atoms with Crippen LogP contribution >= 0.6 is 0 Å². The maximum absolute atomic E-state index is 14.3. The van der Waals surface area contributed by atoms with Gasteiger partial charge in [0.2, 0.25) is 0 Å². The fraction of sp³-hybridized carbons (Fsp3) is 0.667. The van der Waals surface area contributed by atoms with Crippen LogP contribution in [0.25, 0.3) is 0 Å². The molecule has 0 amide bonds. The zero-order valence-corrected chi connectivity index (χ0v) is 14.3. The van der Waals surface area contributed by atoms with E-state index in [0.717, 1.165) is 19.3 Å². The van der Waals surface area contributed by atoms with Gasteiger partial charge in [0.25, 0.3) is 0 Å². The van der Waals surface area contributed by atoms with Crippen molar-refractivity contribution in [2.24, 2.45) is 11.7 Å². The summed E-state index contributed by atoms with van der Waals surface area (Å²) < 4.78 is 25.6. The SMILES string of the molecule is CCCOc1cc(F)c(CC(C)CC(C)N)cc1OCCC. The Morgan fingerprint density at radius 1 is 1.05 bits per heavy atom. The highest BCUT2D eigenvalue weighted by Crippen LogP contribution is 2.32. The van der Waals surface area contributed by atoms with Crippen molar-refractivity contribution in [3.05, 3.63) is 23.5 Å². The van der Waals surface area contributed by atoms with E-state index in [1.54, 1.807) is 6.07 Å². The summed E-state index contributed by atoms with van der Waals surface area (Å²) in [7, 11) is 0. The third-order valence-corrected chi connectivity index (χ3v) is 3.38. The highest BCUT2D eigenvalue weighted by molar-refractivity contribution is 5.44. The molecule has 0 saturated heterocycles. The maximum atomic E-state index is 14.3. The van der Waals surface area contributed by atoms with Gasteiger partial charge >= 0.3 is 0 Å². The standard InChI is InChI=1S/C18H30FNO2/c1-5-7-21-17-11-15(10-13(3)9-14(4)20)16(19)12-18(17)22-8-6-2/h11-14H,5-10,20H2,1-4H3. The van der Waals surface area contributed by atoms with Crippen molar-refractivity contribution in [2.75, 3.05) is 13.2 Å². The van der Waals surface area contributed by atoms with Crippen LogP contribution in [0.5, 0.6) is 11.5 Å². The molecule has 0 heterocycles. The molecule has 126 valence electrons. The Morgan fingerprint density at radius 3 is 2.09 bits per heavy atom. The van der Waals surface area contributed by atoms with E-state index in [1.807, 2.05) is 20.8 Å². The fourth-order valence-corrected chi connectivity index (χ4v) is 2.48. The summed E-state index contributed by atoms with van der Waals surface area (Å²) in [5.74, 6) is 1.23. The topological polar surface area (TPSA) is 44.5 Å². The Labute approximate surface area is 134 Å². The lowest BCUT2D eigenvalue weighted by atomic mass is 9.95. The van der Waals surface area contributed by atoms with E-state index in [0.29, 0.717) is 42.6 Å². The van der Waals surface area contributed by atoms with Gasteiger partial charge < -0.3 is 15.2 Å². The van der Waals surface area contributed by atoms with Crippen molar-refractivity contribution in [1.82, 2.24) is 0 Å². The molecule has 0 aliphatic heterocycles. The van der Waals surface area contributed by atoms with Gasteiger partial charge in [-0.25, -0.2) is 4.39 Å². The Bertz CT molecular complexity index is 449. The molecule has 0 aromatic heterocycles. The molecule has 0 saturated carbocycles. The minimum atomic E-state index is -0.230. The predicted molar refractivity (Wildman–Crippen MR) is 89.1 cm³/mol. The molecule has 0 bridgehead atoms. The first-order valence-corrected chi connectivity index (χ1v) is 8.31. The average molecular weight is 311 g/mol. The normalized spacial score (nSPS) is 13.7. The number of benzene rings is 1. The first-order chi connectivity index (χ1) is 10.5. The lowest BCUT2D eigenvalue weighted by Crippen LogP contribution is -2.19. The molecule has 0 aliphatic rings. The highest BCUT2D eigenvalue weighted by atomic mass is 19.1. The van der Waals surface area contributed by atoms with E-state index in [2.05, 4.69) is 6.92 Å². The Morgan fingerprint density at radius 2 is 1.59 bits per heavy atom. The summed E-state index contributed by atoms with van der Waals surface area (Å²) in [6.07, 6.45) is 3.31. The largest absolute Gasteiger partial charge is 0.490 e. The molecule has 2 atom stereocenters. The monoisotopic (exact) mass is 311 g/mol. The molecule has 22 heavy (non-hydrogen) atoms. The number of nitrogens with two attached hydrogens (primary N) is 1. The van der Waals surface area contributed by atoms with Crippen LogP contribution in [0.2, 0.25) is 0 Å². The summed E-state index contributed by atoms with van der Waals surface area (Å²) in [4.78, 5) is 0. The molecule has 0 fully saturated rings. The van der Waals surface area contributed by atoms with E-state index in [9.17, 15) is 4.39 Å². The van der Waals surface area contributed by atoms with Gasteiger partial charge in [-0.15, -0.1) is 0 Å². The third kappa shape index (κ3) is 6.22. The van der Waals surface area contributed by atoms with Gasteiger partial charge in [-0.2, -0.15) is 0 Å². The van der Waals surface area contributed by atoms with Crippen molar-refractivity contribution in [3.8, 4) is 11.5 Å². The number of halogens is 1. The van der Waals surface area contributed by atoms with Crippen LogP contribution < -0.4 is 15.2 Å². The van der Waals surface area contributed by atoms with Gasteiger partial charge in [-0.3, -0.25) is 0 Å². The first-order valence-electron chi connectivity index (χ1n) is 8.31. The number of hydrogen-bond acceptors (Lipinski definition) is 3. The average Bonchev–Trinajstić information content (AvgIpc) is 2.45. The Kier molecular flexibility index (Phi) is 8.25. The van der Waals surface area contributed by atoms with Crippen LogP contribution in [-0.4, -0.2) is 19.3 Å². The third-order valence-electron chi connectivity index (χ3n) is 3.38.